The van der Waals surface area contributed by atoms with Gasteiger partial charge in [0.05, 0.1) is 12.0 Å². The molecule has 0 heterocycles. The number of Topliss-reactive ketones (excluding diaryl/α,β-unsaturated/α-hetero) is 1. The summed E-state index contributed by atoms with van der Waals surface area (Å²) < 4.78 is 5.38. The molecule has 0 radical (unpaired) electrons. The van der Waals surface area contributed by atoms with Crippen molar-refractivity contribution in [1.82, 2.24) is 0 Å². The van der Waals surface area contributed by atoms with E-state index in [1.54, 1.807) is 7.11 Å². The first-order valence-corrected chi connectivity index (χ1v) is 5.55. The molecule has 2 nitrogen and oxygen atoms in total. The zero-order valence-corrected chi connectivity index (χ0v) is 8.74. The minimum atomic E-state index is 0.0411. The fraction of sp³-hybridized carbons (Fsp3) is 0.750. The Hall–Kier alpha value is -0.630. The van der Waals surface area contributed by atoms with Crippen LogP contribution in [0, 0.1) is 11.8 Å². The van der Waals surface area contributed by atoms with Crippen molar-refractivity contribution >= 4 is 5.78 Å². The molecular weight excluding hydrogens is 176 g/mol. The van der Waals surface area contributed by atoms with Gasteiger partial charge in [-0.25, -0.2) is 0 Å². The van der Waals surface area contributed by atoms with Crippen LogP contribution in [0.5, 0.6) is 0 Å². The molecular formula is C12H18O2. The van der Waals surface area contributed by atoms with E-state index in [2.05, 4.69) is 12.2 Å². The number of methoxy groups -OCH3 is 1. The van der Waals surface area contributed by atoms with Crippen LogP contribution in [0.2, 0.25) is 0 Å². The Morgan fingerprint density at radius 2 is 2.29 bits per heavy atom. The van der Waals surface area contributed by atoms with Crippen molar-refractivity contribution in [2.24, 2.45) is 11.8 Å². The molecule has 0 aromatic heterocycles. The van der Waals surface area contributed by atoms with Crippen LogP contribution >= 0.6 is 0 Å². The van der Waals surface area contributed by atoms with Crippen LogP contribution in [0.1, 0.15) is 32.1 Å². The molecule has 0 aromatic rings. The molecule has 3 atom stereocenters. The van der Waals surface area contributed by atoms with Crippen molar-refractivity contribution in [2.75, 3.05) is 7.11 Å². The molecule has 0 N–H and O–H groups in total. The topological polar surface area (TPSA) is 26.3 Å². The van der Waals surface area contributed by atoms with E-state index in [0.29, 0.717) is 11.7 Å². The standard InChI is InChI=1S/C12H18O2/c1-14-11-8-4-6-9-5-2-3-7-10(13)12(9)11/h4,8-9,11-12H,2-3,5-7H2,1H3/t9-,11-,12-/m0/s1. The summed E-state index contributed by atoms with van der Waals surface area (Å²) in [7, 11) is 1.70. The lowest BCUT2D eigenvalue weighted by Gasteiger charge is -2.31. The van der Waals surface area contributed by atoms with Crippen molar-refractivity contribution in [1.29, 1.82) is 0 Å². The van der Waals surface area contributed by atoms with Gasteiger partial charge in [-0.2, -0.15) is 0 Å². The lowest BCUT2D eigenvalue weighted by atomic mass is 9.77. The SMILES string of the molecule is CO[C@H]1C=CC[C@@H]2CCCCC(=O)[C@H]21. The van der Waals surface area contributed by atoms with Crippen LogP contribution in [0.15, 0.2) is 12.2 Å². The number of ether oxygens (including phenoxy) is 1. The third-order valence-corrected chi connectivity index (χ3v) is 3.52. The van der Waals surface area contributed by atoms with E-state index in [4.69, 9.17) is 4.74 Å². The molecule has 2 aliphatic rings. The molecule has 2 heteroatoms. The maximum absolute atomic E-state index is 11.9. The van der Waals surface area contributed by atoms with Crippen LogP contribution in [0.3, 0.4) is 0 Å². The lowest BCUT2D eigenvalue weighted by molar-refractivity contribution is -0.128. The van der Waals surface area contributed by atoms with Gasteiger partial charge in [-0.15, -0.1) is 0 Å². The van der Waals surface area contributed by atoms with Gasteiger partial charge in [0.2, 0.25) is 0 Å². The quantitative estimate of drug-likeness (QED) is 0.599. The second kappa shape index (κ2) is 4.26. The Morgan fingerprint density at radius 1 is 1.43 bits per heavy atom. The van der Waals surface area contributed by atoms with Crippen LogP contribution in [-0.2, 0) is 9.53 Å². The van der Waals surface area contributed by atoms with Gasteiger partial charge < -0.3 is 4.74 Å². The molecule has 0 aliphatic heterocycles. The van der Waals surface area contributed by atoms with E-state index < -0.39 is 0 Å². The van der Waals surface area contributed by atoms with Crippen LogP contribution < -0.4 is 0 Å². The zero-order chi connectivity index (χ0) is 9.97. The number of hydrogen-bond donors (Lipinski definition) is 0. The average molecular weight is 194 g/mol. The van der Waals surface area contributed by atoms with E-state index in [0.717, 1.165) is 19.3 Å². The molecule has 0 bridgehead atoms. The van der Waals surface area contributed by atoms with Gasteiger partial charge in [-0.05, 0) is 25.2 Å². The van der Waals surface area contributed by atoms with Crippen molar-refractivity contribution in [3.63, 3.8) is 0 Å². The minimum absolute atomic E-state index is 0.0411. The maximum atomic E-state index is 11.9. The first kappa shape index (κ1) is 9.91. The van der Waals surface area contributed by atoms with Crippen LogP contribution in [0.25, 0.3) is 0 Å². The molecule has 0 saturated heterocycles. The number of rotatable bonds is 1. The molecule has 14 heavy (non-hydrogen) atoms. The second-order valence-electron chi connectivity index (χ2n) is 4.36. The molecule has 1 fully saturated rings. The summed E-state index contributed by atoms with van der Waals surface area (Å²) in [5, 5.41) is 0. The highest BCUT2D eigenvalue weighted by molar-refractivity contribution is 5.82. The van der Waals surface area contributed by atoms with Gasteiger partial charge >= 0.3 is 0 Å². The smallest absolute Gasteiger partial charge is 0.139 e. The number of carbonyl (C=O) groups is 1. The van der Waals surface area contributed by atoms with Crippen LogP contribution in [0.4, 0.5) is 0 Å². The van der Waals surface area contributed by atoms with Gasteiger partial charge in [0.25, 0.3) is 0 Å². The number of ketones is 1. The highest BCUT2D eigenvalue weighted by atomic mass is 16.5. The summed E-state index contributed by atoms with van der Waals surface area (Å²) in [4.78, 5) is 11.9. The molecule has 0 amide bonds. The average Bonchev–Trinajstić information content (AvgIpc) is 2.40. The monoisotopic (exact) mass is 194 g/mol. The molecule has 0 spiro atoms. The van der Waals surface area contributed by atoms with E-state index in [9.17, 15) is 4.79 Å². The summed E-state index contributed by atoms with van der Waals surface area (Å²) in [6.45, 7) is 0. The summed E-state index contributed by atoms with van der Waals surface area (Å²) >= 11 is 0. The predicted octanol–water partition coefficient (Wildman–Crippen LogP) is 2.34. The van der Waals surface area contributed by atoms with Gasteiger partial charge in [0.15, 0.2) is 0 Å². The Morgan fingerprint density at radius 3 is 3.07 bits per heavy atom. The number of allylic oxidation sites excluding steroid dienone is 1. The first-order valence-electron chi connectivity index (χ1n) is 5.55. The minimum Gasteiger partial charge on any atom is -0.377 e. The molecule has 2 aliphatic carbocycles. The van der Waals surface area contributed by atoms with E-state index in [-0.39, 0.29) is 12.0 Å². The molecule has 2 rings (SSSR count). The Kier molecular flexibility index (Phi) is 3.02. The van der Waals surface area contributed by atoms with E-state index in [1.807, 2.05) is 0 Å². The second-order valence-corrected chi connectivity index (χ2v) is 4.36. The highest BCUT2D eigenvalue weighted by Gasteiger charge is 2.36. The number of fused-ring (bicyclic) bond motifs is 1. The maximum Gasteiger partial charge on any atom is 0.139 e. The number of hydrogen-bond acceptors (Lipinski definition) is 2. The third kappa shape index (κ3) is 1.76. The molecule has 1 saturated carbocycles. The van der Waals surface area contributed by atoms with Crippen LogP contribution in [-0.4, -0.2) is 19.0 Å². The largest absolute Gasteiger partial charge is 0.377 e. The molecule has 0 aromatic carbocycles. The van der Waals surface area contributed by atoms with Gasteiger partial charge in [0, 0.05) is 13.5 Å². The van der Waals surface area contributed by atoms with Gasteiger partial charge in [-0.3, -0.25) is 4.79 Å². The summed E-state index contributed by atoms with van der Waals surface area (Å²) in [5.74, 6) is 1.11. The van der Waals surface area contributed by atoms with Crippen molar-refractivity contribution in [3.05, 3.63) is 12.2 Å². The zero-order valence-electron chi connectivity index (χ0n) is 8.74. The van der Waals surface area contributed by atoms with Crippen molar-refractivity contribution in [2.45, 2.75) is 38.2 Å². The Labute approximate surface area is 85.3 Å². The highest BCUT2D eigenvalue weighted by Crippen LogP contribution is 2.35. The fourth-order valence-electron chi connectivity index (χ4n) is 2.76. The number of carbonyl (C=O) groups excluding carboxylic acids is 1. The fourth-order valence-corrected chi connectivity index (χ4v) is 2.76. The first-order chi connectivity index (χ1) is 6.83. The summed E-state index contributed by atoms with van der Waals surface area (Å²) in [6.07, 6.45) is 9.57. The Bertz CT molecular complexity index is 245. The summed E-state index contributed by atoms with van der Waals surface area (Å²) in [6, 6.07) is 0. The summed E-state index contributed by atoms with van der Waals surface area (Å²) in [5.41, 5.74) is 0. The lowest BCUT2D eigenvalue weighted by Crippen LogP contribution is -2.35. The third-order valence-electron chi connectivity index (χ3n) is 3.52. The normalized spacial score (nSPS) is 37.8. The predicted molar refractivity (Wildman–Crippen MR) is 55.0 cm³/mol. The Balaban J connectivity index is 2.20. The van der Waals surface area contributed by atoms with Crippen molar-refractivity contribution < 1.29 is 9.53 Å². The molecule has 78 valence electrons. The van der Waals surface area contributed by atoms with Gasteiger partial charge in [-0.1, -0.05) is 18.6 Å². The van der Waals surface area contributed by atoms with E-state index in [1.165, 1.54) is 12.8 Å². The molecule has 0 unspecified atom stereocenters. The van der Waals surface area contributed by atoms with E-state index >= 15 is 0 Å². The van der Waals surface area contributed by atoms with Crippen molar-refractivity contribution in [3.8, 4) is 0 Å². The van der Waals surface area contributed by atoms with Gasteiger partial charge in [0.1, 0.15) is 5.78 Å².